The Bertz CT molecular complexity index is 437. The fourth-order valence-electron chi connectivity index (χ4n) is 3.25. The van der Waals surface area contributed by atoms with Crippen LogP contribution >= 0.6 is 11.6 Å². The van der Waals surface area contributed by atoms with Crippen LogP contribution in [0.4, 0.5) is 0 Å². The summed E-state index contributed by atoms with van der Waals surface area (Å²) in [4.78, 5) is 0. The number of halogens is 1. The lowest BCUT2D eigenvalue weighted by Gasteiger charge is -2.15. The molecule has 1 heterocycles. The average molecular weight is 271 g/mol. The van der Waals surface area contributed by atoms with Gasteiger partial charge in [-0.1, -0.05) is 46.2 Å². The molecule has 1 aromatic rings. The highest BCUT2D eigenvalue weighted by atomic mass is 35.5. The molecule has 1 atom stereocenters. The molecule has 1 saturated carbocycles. The van der Waals surface area contributed by atoms with E-state index in [0.29, 0.717) is 5.02 Å². The van der Waals surface area contributed by atoms with Crippen molar-refractivity contribution in [2.24, 2.45) is 16.7 Å². The van der Waals surface area contributed by atoms with Crippen LogP contribution in [0.2, 0.25) is 5.02 Å². The third-order valence-electron chi connectivity index (χ3n) is 5.00. The minimum absolute atomic E-state index is 0.136. The Kier molecular flexibility index (Phi) is 3.27. The molecule has 0 spiro atoms. The number of hydrogen-bond acceptors (Lipinski definition) is 2. The molecule has 0 amide bonds. The molecule has 0 aromatic carbocycles. The van der Waals surface area contributed by atoms with Gasteiger partial charge in [0.2, 0.25) is 0 Å². The molecule has 18 heavy (non-hydrogen) atoms. The van der Waals surface area contributed by atoms with Gasteiger partial charge in [0.1, 0.15) is 6.10 Å². The molecule has 0 saturated heterocycles. The summed E-state index contributed by atoms with van der Waals surface area (Å²) in [6.07, 6.45) is 2.09. The average Bonchev–Trinajstić information content (AvgIpc) is 2.55. The maximum Gasteiger partial charge on any atom is 0.101 e. The minimum atomic E-state index is -0.531. The summed E-state index contributed by atoms with van der Waals surface area (Å²) in [5, 5.41) is 15.5. The van der Waals surface area contributed by atoms with Crippen molar-refractivity contribution < 1.29 is 5.11 Å². The number of hydrogen-bond donors (Lipinski definition) is 1. The van der Waals surface area contributed by atoms with Crippen LogP contribution in [0.3, 0.4) is 0 Å². The van der Waals surface area contributed by atoms with Gasteiger partial charge < -0.3 is 5.11 Å². The minimum Gasteiger partial charge on any atom is -0.386 e. The van der Waals surface area contributed by atoms with Gasteiger partial charge in [0.05, 0.1) is 16.9 Å². The van der Waals surface area contributed by atoms with Gasteiger partial charge in [0.15, 0.2) is 0 Å². The molecule has 1 N–H and O–H groups in total. The molecule has 1 aliphatic carbocycles. The smallest absolute Gasteiger partial charge is 0.101 e. The molecule has 0 bridgehead atoms. The van der Waals surface area contributed by atoms with Crippen molar-refractivity contribution in [1.29, 1.82) is 0 Å². The second-order valence-corrected chi connectivity index (χ2v) is 6.87. The van der Waals surface area contributed by atoms with Crippen molar-refractivity contribution in [2.75, 3.05) is 0 Å². The second-order valence-electron chi connectivity index (χ2n) is 6.47. The Morgan fingerprint density at radius 3 is 2.39 bits per heavy atom. The van der Waals surface area contributed by atoms with Crippen LogP contribution in [-0.4, -0.2) is 14.9 Å². The SMILES string of the molecule is CCCn1ncc(Cl)c1C(O)C1C(C)(C)C1(C)C. The van der Waals surface area contributed by atoms with E-state index in [1.54, 1.807) is 6.20 Å². The molecule has 4 heteroatoms. The molecule has 2 rings (SSSR count). The molecule has 1 aromatic heterocycles. The number of aliphatic hydroxyl groups excluding tert-OH is 1. The van der Waals surface area contributed by atoms with Crippen molar-refractivity contribution in [3.8, 4) is 0 Å². The standard InChI is InChI=1S/C14H23ClN2O/c1-6-7-17-10(9(15)8-16-17)11(18)12-13(2,3)14(12,4)5/h8,11-12,18H,6-7H2,1-5H3. The largest absolute Gasteiger partial charge is 0.386 e. The Balaban J connectivity index is 2.31. The highest BCUT2D eigenvalue weighted by Gasteiger charge is 2.67. The van der Waals surface area contributed by atoms with Gasteiger partial charge in [-0.3, -0.25) is 4.68 Å². The van der Waals surface area contributed by atoms with Crippen LogP contribution in [0.25, 0.3) is 0 Å². The first kappa shape index (κ1) is 13.9. The van der Waals surface area contributed by atoms with E-state index in [0.717, 1.165) is 18.7 Å². The summed E-state index contributed by atoms with van der Waals surface area (Å²) in [5.74, 6) is 0.231. The van der Waals surface area contributed by atoms with Crippen molar-refractivity contribution >= 4 is 11.6 Å². The van der Waals surface area contributed by atoms with Gasteiger partial charge in [-0.15, -0.1) is 0 Å². The summed E-state index contributed by atoms with van der Waals surface area (Å²) in [5.41, 5.74) is 1.05. The van der Waals surface area contributed by atoms with Crippen LogP contribution in [0.15, 0.2) is 6.20 Å². The van der Waals surface area contributed by atoms with Gasteiger partial charge in [0, 0.05) is 12.5 Å². The molecule has 3 nitrogen and oxygen atoms in total. The third-order valence-corrected chi connectivity index (χ3v) is 5.29. The predicted molar refractivity (Wildman–Crippen MR) is 73.5 cm³/mol. The van der Waals surface area contributed by atoms with Crippen molar-refractivity contribution in [3.63, 3.8) is 0 Å². The van der Waals surface area contributed by atoms with Crippen molar-refractivity contribution in [2.45, 2.75) is 53.7 Å². The maximum atomic E-state index is 10.7. The van der Waals surface area contributed by atoms with Crippen molar-refractivity contribution in [3.05, 3.63) is 16.9 Å². The van der Waals surface area contributed by atoms with Crippen LogP contribution in [0.1, 0.15) is 52.8 Å². The van der Waals surface area contributed by atoms with Gasteiger partial charge >= 0.3 is 0 Å². The number of aryl methyl sites for hydroxylation is 1. The molecular weight excluding hydrogens is 248 g/mol. The Hall–Kier alpha value is -0.540. The lowest BCUT2D eigenvalue weighted by atomic mass is 10.0. The Morgan fingerprint density at radius 1 is 1.39 bits per heavy atom. The van der Waals surface area contributed by atoms with Crippen LogP contribution in [-0.2, 0) is 6.54 Å². The Labute approximate surface area is 114 Å². The van der Waals surface area contributed by atoms with Gasteiger partial charge in [0.25, 0.3) is 0 Å². The van der Waals surface area contributed by atoms with Gasteiger partial charge in [-0.05, 0) is 17.3 Å². The van der Waals surface area contributed by atoms with Crippen LogP contribution in [0, 0.1) is 16.7 Å². The molecule has 0 radical (unpaired) electrons. The first-order valence-electron chi connectivity index (χ1n) is 6.64. The number of aliphatic hydroxyl groups is 1. The second kappa shape index (κ2) is 4.24. The molecule has 0 aliphatic heterocycles. The van der Waals surface area contributed by atoms with E-state index in [2.05, 4.69) is 39.7 Å². The molecule has 1 unspecified atom stereocenters. The van der Waals surface area contributed by atoms with E-state index in [-0.39, 0.29) is 16.7 Å². The normalized spacial score (nSPS) is 23.1. The number of nitrogens with zero attached hydrogens (tertiary/aromatic N) is 2. The monoisotopic (exact) mass is 270 g/mol. The fraction of sp³-hybridized carbons (Fsp3) is 0.786. The predicted octanol–water partition coefficient (Wildman–Crippen LogP) is 3.66. The lowest BCUT2D eigenvalue weighted by molar-refractivity contribution is 0.120. The van der Waals surface area contributed by atoms with Crippen LogP contribution < -0.4 is 0 Å². The van der Waals surface area contributed by atoms with Gasteiger partial charge in [-0.25, -0.2) is 0 Å². The molecule has 102 valence electrons. The Morgan fingerprint density at radius 2 is 1.94 bits per heavy atom. The van der Waals surface area contributed by atoms with E-state index in [1.165, 1.54) is 0 Å². The highest BCUT2D eigenvalue weighted by Crippen LogP contribution is 2.72. The highest BCUT2D eigenvalue weighted by molar-refractivity contribution is 6.31. The van der Waals surface area contributed by atoms with Crippen LogP contribution in [0.5, 0.6) is 0 Å². The summed E-state index contributed by atoms with van der Waals surface area (Å²) in [6.45, 7) is 11.7. The summed E-state index contributed by atoms with van der Waals surface area (Å²) >= 11 is 6.19. The van der Waals surface area contributed by atoms with E-state index in [9.17, 15) is 5.11 Å². The van der Waals surface area contributed by atoms with E-state index in [1.807, 2.05) is 4.68 Å². The van der Waals surface area contributed by atoms with E-state index < -0.39 is 6.10 Å². The molecular formula is C14H23ClN2O. The first-order chi connectivity index (χ1) is 8.25. The van der Waals surface area contributed by atoms with Gasteiger partial charge in [-0.2, -0.15) is 5.10 Å². The summed E-state index contributed by atoms with van der Waals surface area (Å²) in [6, 6.07) is 0. The molecule has 1 fully saturated rings. The zero-order valence-corrected chi connectivity index (χ0v) is 12.6. The third kappa shape index (κ3) is 1.79. The topological polar surface area (TPSA) is 38.0 Å². The zero-order valence-electron chi connectivity index (χ0n) is 11.9. The quantitative estimate of drug-likeness (QED) is 0.907. The van der Waals surface area contributed by atoms with E-state index >= 15 is 0 Å². The first-order valence-corrected chi connectivity index (χ1v) is 7.02. The fourth-order valence-corrected chi connectivity index (χ4v) is 3.50. The summed E-state index contributed by atoms with van der Waals surface area (Å²) < 4.78 is 1.84. The number of rotatable bonds is 4. The van der Waals surface area contributed by atoms with Crippen molar-refractivity contribution in [1.82, 2.24) is 9.78 Å². The maximum absolute atomic E-state index is 10.7. The molecule has 1 aliphatic rings. The van der Waals surface area contributed by atoms with E-state index in [4.69, 9.17) is 11.6 Å². The lowest BCUT2D eigenvalue weighted by Crippen LogP contribution is -2.13. The number of aromatic nitrogens is 2. The zero-order chi connectivity index (χ0) is 13.7. The summed E-state index contributed by atoms with van der Waals surface area (Å²) in [7, 11) is 0.